The summed E-state index contributed by atoms with van der Waals surface area (Å²) in [5.41, 5.74) is 0. The van der Waals surface area contributed by atoms with Crippen LogP contribution in [0.2, 0.25) is 0 Å². The van der Waals surface area contributed by atoms with Crippen LogP contribution in [0.15, 0.2) is 12.2 Å². The third-order valence-corrected chi connectivity index (χ3v) is 26.2. The van der Waals surface area contributed by atoms with E-state index in [0.29, 0.717) is 44.9 Å². The quantitative estimate of drug-likeness (QED) is 0.00898. The molecule has 5 unspecified atom stereocenters. The highest BCUT2D eigenvalue weighted by atomic mass is 31.2. The molecular weight excluding hydrogens is 1690 g/mol. The third-order valence-electron chi connectivity index (χ3n) is 25.1. The minimum absolute atomic E-state index is 0.0904. The first-order valence-electron chi connectivity index (χ1n) is 52.6. The summed E-state index contributed by atoms with van der Waals surface area (Å²) in [6.07, 6.45) is 45.2. The van der Waals surface area contributed by atoms with Crippen LogP contribution in [0, 0.1) is 0 Å². The van der Waals surface area contributed by atoms with E-state index < -0.39 is 176 Å². The SMILES string of the molecule is CCCCCC/C=C\CCCCCCCC(=O)O[C@H](CCCCCCCCCCC)CC(=O)N[C@H]1C(OC(=O)C[C@H](O)CCCCCCCCCCC)[C@H](OP(=O)(O)O)C(CO)O[C@H]1OCC1O[C@H](OP(C)(=O)O)[C@@H](NC(=O)C[C@@H](CCCCCCCCCCC)OC(=O)CCCCCCCCCCCCCCC)C(OC(=O)C[C@H](O)CCCCCCCCCCC)[C@@H]1O. The van der Waals surface area contributed by atoms with Gasteiger partial charge in [0.05, 0.1) is 51.1 Å². The molecule has 2 heterocycles. The molecule has 129 heavy (non-hydrogen) atoms. The number of aliphatic hydroxyl groups is 4. The molecule has 2 fully saturated rings. The molecule has 0 aromatic carbocycles. The Morgan fingerprint density at radius 1 is 0.357 bits per heavy atom. The van der Waals surface area contributed by atoms with Crippen LogP contribution in [0.1, 0.15) is 491 Å². The van der Waals surface area contributed by atoms with Gasteiger partial charge in [0.25, 0.3) is 0 Å². The molecule has 0 aliphatic carbocycles. The standard InChI is InChI=1S/C101H190N2O24P2/c1-8-14-20-26-32-38-40-42-44-50-56-62-68-74-90(109)120-84(72-66-60-54-48-36-30-24-18-12-5)78-88(107)102-94-98(124-92(111)76-82(105)70-64-58-52-46-34-28-22-16-10-3)96(113)87(123-101(94)127-128(7,114)115)81-119-100-95(99(97(86(80-104)122-100)126-129(116,117)118)125-93(112)77-83(106)71-65-59-53-47-35-29-23-17-11-4)103-89(108)79-85(73-67-61-55-49-37-31-25-19-13-6)121-91(110)75-69-63-57-51-45-43-41-39-33-27-21-15-9-2/h39,41,82-87,94-101,104-106,113H,8-38,40,42-81H2,1-7H3,(H,102,107)(H,103,108)(H,114,115)(H2,116,117,118)/b41-39-/t82-,83-,84-,85-,86?,87?,94+,95+,96-,97-,98?,99?,100-,101-/m1/s1. The minimum Gasteiger partial charge on any atom is -0.462 e. The topological polar surface area (TPSA) is 385 Å². The second-order valence-electron chi connectivity index (χ2n) is 37.6. The zero-order valence-corrected chi connectivity index (χ0v) is 83.9. The van der Waals surface area contributed by atoms with Crippen LogP contribution in [0.3, 0.4) is 0 Å². The normalized spacial score (nSPS) is 20.4. The van der Waals surface area contributed by atoms with E-state index in [1.54, 1.807) is 0 Å². The Labute approximate surface area is 781 Å². The molecule has 0 aromatic heterocycles. The second-order valence-corrected chi connectivity index (χ2v) is 40.6. The lowest BCUT2D eigenvalue weighted by Gasteiger charge is -2.47. The molecule has 2 aliphatic rings. The minimum atomic E-state index is -5.63. The van der Waals surface area contributed by atoms with Crippen molar-refractivity contribution in [1.29, 1.82) is 0 Å². The summed E-state index contributed by atoms with van der Waals surface area (Å²) in [7, 11) is -10.4. The van der Waals surface area contributed by atoms with Crippen LogP contribution in [0.5, 0.6) is 0 Å². The van der Waals surface area contributed by atoms with E-state index in [0.717, 1.165) is 244 Å². The lowest BCUT2D eigenvalue weighted by atomic mass is 9.95. The fourth-order valence-electron chi connectivity index (χ4n) is 17.4. The highest BCUT2D eigenvalue weighted by Gasteiger charge is 2.55. The maximum atomic E-state index is 15.1. The van der Waals surface area contributed by atoms with Gasteiger partial charge in [-0.05, 0) is 77.0 Å². The summed E-state index contributed by atoms with van der Waals surface area (Å²) in [6, 6.07) is -3.68. The fraction of sp³-hybridized carbons (Fsp3) is 0.921. The monoisotopic (exact) mass is 1880 g/mol. The summed E-state index contributed by atoms with van der Waals surface area (Å²) in [6.45, 7) is 11.9. The Morgan fingerprint density at radius 2 is 0.651 bits per heavy atom. The summed E-state index contributed by atoms with van der Waals surface area (Å²) >= 11 is 0. The van der Waals surface area contributed by atoms with Gasteiger partial charge in [-0.25, -0.2) is 4.57 Å². The molecule has 2 amide bonds. The first-order valence-corrected chi connectivity index (χ1v) is 56.2. The number of amides is 2. The van der Waals surface area contributed by atoms with Crippen LogP contribution in [0.25, 0.3) is 0 Å². The number of ether oxygens (including phenoxy) is 7. The van der Waals surface area contributed by atoms with Crippen molar-refractivity contribution in [3.05, 3.63) is 12.2 Å². The van der Waals surface area contributed by atoms with Gasteiger partial charge >= 0.3 is 39.3 Å². The van der Waals surface area contributed by atoms with Gasteiger partial charge in [0.2, 0.25) is 11.8 Å². The van der Waals surface area contributed by atoms with Crippen molar-refractivity contribution in [2.24, 2.45) is 0 Å². The van der Waals surface area contributed by atoms with E-state index in [-0.39, 0.29) is 32.1 Å². The first-order chi connectivity index (χ1) is 62.3. The summed E-state index contributed by atoms with van der Waals surface area (Å²) in [4.78, 5) is 119. The number of hydrogen-bond donors (Lipinski definition) is 9. The predicted octanol–water partition coefficient (Wildman–Crippen LogP) is 23.4. The molecule has 758 valence electrons. The fourth-order valence-corrected chi connectivity index (χ4v) is 18.5. The average Bonchev–Trinajstić information content (AvgIpc) is 0.781. The molecule has 0 radical (unpaired) electrons. The van der Waals surface area contributed by atoms with Crippen molar-refractivity contribution >= 4 is 51.1 Å². The average molecular weight is 1880 g/mol. The third kappa shape index (κ3) is 66.6. The van der Waals surface area contributed by atoms with Crippen LogP contribution in [-0.2, 0) is 80.1 Å². The van der Waals surface area contributed by atoms with Crippen LogP contribution < -0.4 is 10.6 Å². The molecule has 0 aromatic rings. The molecule has 28 heteroatoms. The number of nitrogens with one attached hydrogen (secondary N) is 2. The molecule has 0 spiro atoms. The van der Waals surface area contributed by atoms with Crippen LogP contribution >= 0.6 is 15.4 Å². The molecular formula is C101H190N2O24P2. The molecule has 9 N–H and O–H groups in total. The Morgan fingerprint density at radius 3 is 0.984 bits per heavy atom. The number of allylic oxidation sites excluding steroid dienone is 2. The van der Waals surface area contributed by atoms with Crippen molar-refractivity contribution < 1.29 is 115 Å². The summed E-state index contributed by atoms with van der Waals surface area (Å²) in [5, 5.41) is 52.2. The van der Waals surface area contributed by atoms with Crippen LogP contribution in [0.4, 0.5) is 0 Å². The van der Waals surface area contributed by atoms with Gasteiger partial charge in [-0.15, -0.1) is 0 Å². The number of aliphatic hydroxyl groups excluding tert-OH is 4. The van der Waals surface area contributed by atoms with E-state index in [4.69, 9.17) is 42.2 Å². The molecule has 2 rings (SSSR count). The smallest absolute Gasteiger partial charge is 0.462 e. The van der Waals surface area contributed by atoms with Crippen molar-refractivity contribution in [2.75, 3.05) is 19.9 Å². The summed E-state index contributed by atoms with van der Waals surface area (Å²) < 4.78 is 81.5. The van der Waals surface area contributed by atoms with E-state index in [1.165, 1.54) is 109 Å². The van der Waals surface area contributed by atoms with E-state index in [9.17, 15) is 68.2 Å². The number of rotatable bonds is 89. The lowest BCUT2D eigenvalue weighted by molar-refractivity contribution is -0.296. The van der Waals surface area contributed by atoms with E-state index >= 15 is 4.79 Å². The van der Waals surface area contributed by atoms with E-state index in [2.05, 4.69) is 64.3 Å². The maximum Gasteiger partial charge on any atom is 0.470 e. The van der Waals surface area contributed by atoms with Crippen LogP contribution in [-0.4, -0.2) is 176 Å². The Hall–Kier alpha value is -3.46. The first kappa shape index (κ1) is 122. The Balaban J connectivity index is 2.78. The number of carbonyl (C=O) groups is 6. The maximum absolute atomic E-state index is 15.1. The zero-order chi connectivity index (χ0) is 94.7. The van der Waals surface area contributed by atoms with Gasteiger partial charge in [-0.2, -0.15) is 0 Å². The van der Waals surface area contributed by atoms with Crippen molar-refractivity contribution in [3.8, 4) is 0 Å². The van der Waals surface area contributed by atoms with Gasteiger partial charge in [0, 0.05) is 19.5 Å². The van der Waals surface area contributed by atoms with Crippen molar-refractivity contribution in [2.45, 2.75) is 577 Å². The Kier molecular flexibility index (Phi) is 76.0. The number of carbonyl (C=O) groups excluding carboxylic acids is 6. The van der Waals surface area contributed by atoms with Crippen molar-refractivity contribution in [1.82, 2.24) is 10.6 Å². The summed E-state index contributed by atoms with van der Waals surface area (Å²) in [5.74, 6) is -4.78. The van der Waals surface area contributed by atoms with Gasteiger partial charge in [-0.1, -0.05) is 388 Å². The number of phosphoric ester groups is 1. The molecule has 26 nitrogen and oxygen atoms in total. The second kappa shape index (κ2) is 80.6. The molecule has 2 saturated heterocycles. The molecule has 15 atom stereocenters. The lowest BCUT2D eigenvalue weighted by Crippen LogP contribution is -2.68. The van der Waals surface area contributed by atoms with E-state index in [1.807, 2.05) is 0 Å². The number of esters is 4. The molecule has 2 aliphatic heterocycles. The number of hydrogen-bond acceptors (Lipinski definition) is 21. The van der Waals surface area contributed by atoms with Gasteiger partial charge in [-0.3, -0.25) is 42.4 Å². The Bertz CT molecular complexity index is 2870. The largest absolute Gasteiger partial charge is 0.470 e. The number of unbranched alkanes of at least 4 members (excludes halogenated alkanes) is 53. The zero-order valence-electron chi connectivity index (χ0n) is 82.1. The molecule has 0 saturated carbocycles. The molecule has 0 bridgehead atoms. The van der Waals surface area contributed by atoms with Gasteiger partial charge < -0.3 is 78.9 Å². The van der Waals surface area contributed by atoms with Gasteiger partial charge in [0.1, 0.15) is 48.7 Å². The number of phosphoric acid groups is 1. The van der Waals surface area contributed by atoms with Crippen molar-refractivity contribution in [3.63, 3.8) is 0 Å². The highest BCUT2D eigenvalue weighted by Crippen LogP contribution is 2.44. The highest BCUT2D eigenvalue weighted by molar-refractivity contribution is 7.51. The van der Waals surface area contributed by atoms with Gasteiger partial charge in [0.15, 0.2) is 24.8 Å². The predicted molar refractivity (Wildman–Crippen MR) is 512 cm³/mol.